The maximum absolute atomic E-state index is 12.9. The van der Waals surface area contributed by atoms with E-state index in [1.165, 1.54) is 25.8 Å². The SMILES string of the molecule is CCN1CCC[C@@H]1[C@H]1CCCN1C(=O)[C@H](C)Cn1cccn1. The zero-order chi connectivity index (χ0) is 15.5. The lowest BCUT2D eigenvalue weighted by molar-refractivity contribution is -0.137. The number of hydrogen-bond donors (Lipinski definition) is 0. The van der Waals surface area contributed by atoms with Crippen molar-refractivity contribution in [3.8, 4) is 0 Å². The van der Waals surface area contributed by atoms with Crippen molar-refractivity contribution in [3.63, 3.8) is 0 Å². The molecule has 3 atom stereocenters. The van der Waals surface area contributed by atoms with E-state index < -0.39 is 0 Å². The first kappa shape index (κ1) is 15.5. The zero-order valence-electron chi connectivity index (χ0n) is 13.8. The summed E-state index contributed by atoms with van der Waals surface area (Å²) in [5.74, 6) is 0.304. The predicted octanol–water partition coefficient (Wildman–Crippen LogP) is 1.99. The predicted molar refractivity (Wildman–Crippen MR) is 86.4 cm³/mol. The fraction of sp³-hybridized carbons (Fsp3) is 0.765. The van der Waals surface area contributed by atoms with Crippen LogP contribution in [0.1, 0.15) is 39.5 Å². The molecule has 1 aromatic heterocycles. The third-order valence-electron chi connectivity index (χ3n) is 5.29. The first-order valence-electron chi connectivity index (χ1n) is 8.72. The van der Waals surface area contributed by atoms with Crippen LogP contribution in [0.3, 0.4) is 0 Å². The number of nitrogens with zero attached hydrogens (tertiary/aromatic N) is 4. The van der Waals surface area contributed by atoms with E-state index in [4.69, 9.17) is 0 Å². The van der Waals surface area contributed by atoms with Crippen LogP contribution in [0.25, 0.3) is 0 Å². The van der Waals surface area contributed by atoms with Gasteiger partial charge < -0.3 is 4.90 Å². The van der Waals surface area contributed by atoms with E-state index in [1.54, 1.807) is 6.20 Å². The Bertz CT molecular complexity index is 487. The first-order chi connectivity index (χ1) is 10.7. The van der Waals surface area contributed by atoms with Crippen molar-refractivity contribution in [1.82, 2.24) is 19.6 Å². The molecule has 3 heterocycles. The van der Waals surface area contributed by atoms with Crippen LogP contribution in [-0.2, 0) is 11.3 Å². The van der Waals surface area contributed by atoms with Gasteiger partial charge in [-0.25, -0.2) is 0 Å². The molecule has 0 aliphatic carbocycles. The van der Waals surface area contributed by atoms with Gasteiger partial charge in [0.2, 0.25) is 5.91 Å². The molecule has 22 heavy (non-hydrogen) atoms. The second kappa shape index (κ2) is 6.82. The summed E-state index contributed by atoms with van der Waals surface area (Å²) in [5.41, 5.74) is 0. The Balaban J connectivity index is 1.65. The topological polar surface area (TPSA) is 41.4 Å². The minimum atomic E-state index is -0.00280. The fourth-order valence-electron chi connectivity index (χ4n) is 4.20. The highest BCUT2D eigenvalue weighted by molar-refractivity contribution is 5.79. The van der Waals surface area contributed by atoms with Gasteiger partial charge in [-0.15, -0.1) is 0 Å². The standard InChI is InChI=1S/C17H28N4O/c1-3-19-10-4-7-15(19)16-8-5-12-21(16)17(22)14(2)13-20-11-6-9-18-20/h6,9,11,14-16H,3-5,7-8,10,12-13H2,1-2H3/t14-,15-,16-/m1/s1. The summed E-state index contributed by atoms with van der Waals surface area (Å²) in [6, 6.07) is 2.91. The summed E-state index contributed by atoms with van der Waals surface area (Å²) in [7, 11) is 0. The molecule has 0 spiro atoms. The minimum absolute atomic E-state index is 0.00280. The number of likely N-dealkylation sites (N-methyl/N-ethyl adjacent to an activating group) is 1. The normalized spacial score (nSPS) is 27.5. The summed E-state index contributed by atoms with van der Waals surface area (Å²) in [4.78, 5) is 17.6. The summed E-state index contributed by atoms with van der Waals surface area (Å²) >= 11 is 0. The molecule has 2 saturated heterocycles. The maximum atomic E-state index is 12.9. The van der Waals surface area contributed by atoms with Crippen molar-refractivity contribution in [3.05, 3.63) is 18.5 Å². The van der Waals surface area contributed by atoms with Crippen molar-refractivity contribution in [2.45, 2.75) is 58.2 Å². The molecule has 2 aliphatic rings. The highest BCUT2D eigenvalue weighted by Gasteiger charge is 2.40. The van der Waals surface area contributed by atoms with Gasteiger partial charge in [0.15, 0.2) is 0 Å². The monoisotopic (exact) mass is 304 g/mol. The van der Waals surface area contributed by atoms with Gasteiger partial charge in [0.1, 0.15) is 0 Å². The fourth-order valence-corrected chi connectivity index (χ4v) is 4.20. The van der Waals surface area contributed by atoms with E-state index >= 15 is 0 Å². The van der Waals surface area contributed by atoms with Crippen LogP contribution in [0.2, 0.25) is 0 Å². The minimum Gasteiger partial charge on any atom is -0.338 e. The maximum Gasteiger partial charge on any atom is 0.227 e. The van der Waals surface area contributed by atoms with Gasteiger partial charge in [-0.3, -0.25) is 14.4 Å². The third kappa shape index (κ3) is 3.05. The van der Waals surface area contributed by atoms with Gasteiger partial charge >= 0.3 is 0 Å². The molecule has 0 N–H and O–H groups in total. The third-order valence-corrected chi connectivity index (χ3v) is 5.29. The molecule has 2 fully saturated rings. The van der Waals surface area contributed by atoms with Gasteiger partial charge in [-0.1, -0.05) is 13.8 Å². The van der Waals surface area contributed by atoms with Crippen molar-refractivity contribution >= 4 is 5.91 Å². The zero-order valence-corrected chi connectivity index (χ0v) is 13.8. The average molecular weight is 304 g/mol. The number of rotatable bonds is 5. The van der Waals surface area contributed by atoms with E-state index in [-0.39, 0.29) is 5.92 Å². The molecule has 5 heteroatoms. The highest BCUT2D eigenvalue weighted by Crippen LogP contribution is 2.30. The van der Waals surface area contributed by atoms with Crippen LogP contribution in [0.5, 0.6) is 0 Å². The van der Waals surface area contributed by atoms with Crippen molar-refractivity contribution in [2.24, 2.45) is 5.92 Å². The lowest BCUT2D eigenvalue weighted by atomic mass is 10.0. The molecule has 1 amide bonds. The molecule has 2 aliphatic heterocycles. The Labute approximate surface area is 133 Å². The van der Waals surface area contributed by atoms with E-state index in [9.17, 15) is 4.79 Å². The van der Waals surface area contributed by atoms with Crippen LogP contribution < -0.4 is 0 Å². The molecule has 122 valence electrons. The van der Waals surface area contributed by atoms with Crippen LogP contribution in [0.4, 0.5) is 0 Å². The largest absolute Gasteiger partial charge is 0.338 e. The number of aromatic nitrogens is 2. The summed E-state index contributed by atoms with van der Waals surface area (Å²) in [5, 5.41) is 4.22. The van der Waals surface area contributed by atoms with Crippen LogP contribution >= 0.6 is 0 Å². The van der Waals surface area contributed by atoms with Crippen LogP contribution in [0.15, 0.2) is 18.5 Å². The van der Waals surface area contributed by atoms with E-state index in [1.807, 2.05) is 23.9 Å². The molecule has 0 saturated carbocycles. The van der Waals surface area contributed by atoms with Crippen LogP contribution in [0, 0.1) is 5.92 Å². The lowest BCUT2D eigenvalue weighted by Gasteiger charge is -2.35. The smallest absolute Gasteiger partial charge is 0.227 e. The van der Waals surface area contributed by atoms with E-state index in [2.05, 4.69) is 21.8 Å². The summed E-state index contributed by atoms with van der Waals surface area (Å²) < 4.78 is 1.86. The Hall–Kier alpha value is -1.36. The Morgan fingerprint density at radius 3 is 2.77 bits per heavy atom. The number of carbonyl (C=O) groups excluding carboxylic acids is 1. The summed E-state index contributed by atoms with van der Waals surface area (Å²) in [6.07, 6.45) is 8.55. The summed E-state index contributed by atoms with van der Waals surface area (Å²) in [6.45, 7) is 8.18. The number of carbonyl (C=O) groups is 1. The number of likely N-dealkylation sites (tertiary alicyclic amines) is 2. The van der Waals surface area contributed by atoms with Gasteiger partial charge in [0.05, 0.1) is 12.5 Å². The molecular weight excluding hydrogens is 276 g/mol. The molecule has 0 unspecified atom stereocenters. The molecule has 0 radical (unpaired) electrons. The van der Waals surface area contributed by atoms with Gasteiger partial charge in [0.25, 0.3) is 0 Å². The lowest BCUT2D eigenvalue weighted by Crippen LogP contribution is -2.49. The molecule has 5 nitrogen and oxygen atoms in total. The first-order valence-corrected chi connectivity index (χ1v) is 8.72. The Morgan fingerprint density at radius 1 is 1.27 bits per heavy atom. The molecule has 1 aromatic rings. The van der Waals surface area contributed by atoms with Gasteiger partial charge in [-0.2, -0.15) is 5.10 Å². The number of hydrogen-bond acceptors (Lipinski definition) is 3. The molecular formula is C17H28N4O. The van der Waals surface area contributed by atoms with Crippen molar-refractivity contribution in [1.29, 1.82) is 0 Å². The quantitative estimate of drug-likeness (QED) is 0.835. The molecule has 3 rings (SSSR count). The van der Waals surface area contributed by atoms with Gasteiger partial charge in [-0.05, 0) is 44.8 Å². The second-order valence-corrected chi connectivity index (χ2v) is 6.71. The second-order valence-electron chi connectivity index (χ2n) is 6.71. The van der Waals surface area contributed by atoms with E-state index in [0.717, 1.165) is 19.5 Å². The number of amides is 1. The Morgan fingerprint density at radius 2 is 2.05 bits per heavy atom. The van der Waals surface area contributed by atoms with Crippen LogP contribution in [-0.4, -0.2) is 57.2 Å². The van der Waals surface area contributed by atoms with Crippen molar-refractivity contribution in [2.75, 3.05) is 19.6 Å². The molecule has 0 aromatic carbocycles. The van der Waals surface area contributed by atoms with Crippen molar-refractivity contribution < 1.29 is 4.79 Å². The average Bonchev–Trinajstić information content (AvgIpc) is 3.25. The van der Waals surface area contributed by atoms with Gasteiger partial charge in [0, 0.05) is 31.0 Å². The highest BCUT2D eigenvalue weighted by atomic mass is 16.2. The Kier molecular flexibility index (Phi) is 4.81. The van der Waals surface area contributed by atoms with E-state index in [0.29, 0.717) is 24.5 Å². The molecule has 0 bridgehead atoms.